The summed E-state index contributed by atoms with van der Waals surface area (Å²) in [6.45, 7) is 1.10. The maximum absolute atomic E-state index is 12.7. The average Bonchev–Trinajstić information content (AvgIpc) is 2.96. The Hall–Kier alpha value is -1.40. The summed E-state index contributed by atoms with van der Waals surface area (Å²) in [5.41, 5.74) is 0. The third-order valence-corrected chi connectivity index (χ3v) is 7.87. The molecule has 1 saturated carbocycles. The van der Waals surface area contributed by atoms with Crippen LogP contribution >= 0.6 is 0 Å². The number of benzene rings is 1. The molecule has 3 rings (SSSR count). The van der Waals surface area contributed by atoms with Crippen molar-refractivity contribution in [1.29, 1.82) is 0 Å². The van der Waals surface area contributed by atoms with E-state index < -0.39 is 10.0 Å². The van der Waals surface area contributed by atoms with E-state index in [9.17, 15) is 13.2 Å². The Balaban J connectivity index is 1.41. The molecule has 5 nitrogen and oxygen atoms in total. The van der Waals surface area contributed by atoms with Crippen molar-refractivity contribution < 1.29 is 13.2 Å². The average molecular weight is 393 g/mol. The molecule has 1 aliphatic carbocycles. The third-order valence-electron chi connectivity index (χ3n) is 5.95. The number of carbonyl (C=O) groups excluding carboxylic acids is 1. The lowest BCUT2D eigenvalue weighted by atomic mass is 9.93. The normalized spacial score (nSPS) is 20.9. The number of amides is 1. The number of rotatable bonds is 6. The molecule has 1 saturated heterocycles. The molecule has 1 N–H and O–H groups in total. The Morgan fingerprint density at radius 1 is 0.963 bits per heavy atom. The first-order valence-electron chi connectivity index (χ1n) is 10.4. The monoisotopic (exact) mass is 392 g/mol. The van der Waals surface area contributed by atoms with E-state index in [-0.39, 0.29) is 5.91 Å². The Kier molecular flexibility index (Phi) is 7.30. The SMILES string of the molecule is O=C(CCC1CCN(S(=O)(=O)c2ccccc2)CC1)NC1CCCCCC1. The van der Waals surface area contributed by atoms with Gasteiger partial charge in [0.05, 0.1) is 4.90 Å². The molecule has 150 valence electrons. The zero-order valence-corrected chi connectivity index (χ0v) is 16.9. The van der Waals surface area contributed by atoms with Gasteiger partial charge in [-0.25, -0.2) is 8.42 Å². The van der Waals surface area contributed by atoms with Gasteiger partial charge in [0.15, 0.2) is 0 Å². The minimum Gasteiger partial charge on any atom is -0.353 e. The molecular formula is C21H32N2O3S. The highest BCUT2D eigenvalue weighted by molar-refractivity contribution is 7.89. The molecule has 2 aliphatic rings. The molecule has 1 amide bonds. The van der Waals surface area contributed by atoms with Gasteiger partial charge in [0.2, 0.25) is 15.9 Å². The minimum absolute atomic E-state index is 0.168. The van der Waals surface area contributed by atoms with Gasteiger partial charge in [-0.05, 0) is 50.2 Å². The predicted molar refractivity (Wildman–Crippen MR) is 107 cm³/mol. The van der Waals surface area contributed by atoms with E-state index in [2.05, 4.69) is 5.32 Å². The summed E-state index contributed by atoms with van der Waals surface area (Å²) in [6.07, 6.45) is 10.3. The number of hydrogen-bond donors (Lipinski definition) is 1. The van der Waals surface area contributed by atoms with Crippen LogP contribution in [0, 0.1) is 5.92 Å². The van der Waals surface area contributed by atoms with Crippen LogP contribution in [0.4, 0.5) is 0 Å². The number of hydrogen-bond acceptors (Lipinski definition) is 3. The summed E-state index contributed by atoms with van der Waals surface area (Å²) in [4.78, 5) is 12.6. The molecule has 27 heavy (non-hydrogen) atoms. The number of sulfonamides is 1. The second kappa shape index (κ2) is 9.69. The van der Waals surface area contributed by atoms with E-state index >= 15 is 0 Å². The summed E-state index contributed by atoms with van der Waals surface area (Å²) in [7, 11) is -3.39. The van der Waals surface area contributed by atoms with E-state index in [0.717, 1.165) is 32.1 Å². The molecule has 0 bridgehead atoms. The van der Waals surface area contributed by atoms with Gasteiger partial charge in [-0.2, -0.15) is 4.31 Å². The highest BCUT2D eigenvalue weighted by Gasteiger charge is 2.29. The van der Waals surface area contributed by atoms with E-state index in [1.165, 1.54) is 25.7 Å². The summed E-state index contributed by atoms with van der Waals surface area (Å²) < 4.78 is 26.9. The highest BCUT2D eigenvalue weighted by Crippen LogP contribution is 2.26. The summed E-state index contributed by atoms with van der Waals surface area (Å²) in [5.74, 6) is 0.605. The fraction of sp³-hybridized carbons (Fsp3) is 0.667. The van der Waals surface area contributed by atoms with Crippen molar-refractivity contribution in [3.63, 3.8) is 0 Å². The fourth-order valence-electron chi connectivity index (χ4n) is 4.24. The minimum atomic E-state index is -3.39. The van der Waals surface area contributed by atoms with Crippen LogP contribution in [0.1, 0.15) is 64.2 Å². The highest BCUT2D eigenvalue weighted by atomic mass is 32.2. The second-order valence-corrected chi connectivity index (χ2v) is 9.89. The van der Waals surface area contributed by atoms with E-state index in [1.807, 2.05) is 6.07 Å². The van der Waals surface area contributed by atoms with Gasteiger partial charge in [-0.3, -0.25) is 4.79 Å². The van der Waals surface area contributed by atoms with Crippen LogP contribution in [0.2, 0.25) is 0 Å². The Bertz CT molecular complexity index is 689. The smallest absolute Gasteiger partial charge is 0.243 e. The van der Waals surface area contributed by atoms with Crippen LogP contribution in [0.5, 0.6) is 0 Å². The lowest BCUT2D eigenvalue weighted by molar-refractivity contribution is -0.122. The largest absolute Gasteiger partial charge is 0.353 e. The van der Waals surface area contributed by atoms with Crippen LogP contribution in [-0.2, 0) is 14.8 Å². The quantitative estimate of drug-likeness (QED) is 0.751. The van der Waals surface area contributed by atoms with Crippen molar-refractivity contribution in [3.05, 3.63) is 30.3 Å². The van der Waals surface area contributed by atoms with Crippen molar-refractivity contribution in [1.82, 2.24) is 9.62 Å². The fourth-order valence-corrected chi connectivity index (χ4v) is 5.73. The first-order valence-corrected chi connectivity index (χ1v) is 11.8. The van der Waals surface area contributed by atoms with Crippen LogP contribution in [0.3, 0.4) is 0 Å². The molecule has 0 atom stereocenters. The van der Waals surface area contributed by atoms with Gasteiger partial charge >= 0.3 is 0 Å². The molecule has 0 spiro atoms. The molecule has 2 fully saturated rings. The first kappa shape index (κ1) is 20.3. The predicted octanol–water partition coefficient (Wildman–Crippen LogP) is 3.71. The molecule has 1 aromatic rings. The Morgan fingerprint density at radius 2 is 1.59 bits per heavy atom. The molecule has 1 heterocycles. The van der Waals surface area contributed by atoms with Crippen LogP contribution < -0.4 is 5.32 Å². The van der Waals surface area contributed by atoms with Crippen molar-refractivity contribution in [2.45, 2.75) is 75.1 Å². The van der Waals surface area contributed by atoms with E-state index in [1.54, 1.807) is 28.6 Å². The number of nitrogens with one attached hydrogen (secondary N) is 1. The topological polar surface area (TPSA) is 66.5 Å². The van der Waals surface area contributed by atoms with Crippen LogP contribution in [0.15, 0.2) is 35.2 Å². The summed E-state index contributed by atoms with van der Waals surface area (Å²) in [6, 6.07) is 9.00. The zero-order chi connectivity index (χ0) is 19.1. The van der Waals surface area contributed by atoms with Crippen molar-refractivity contribution in [2.75, 3.05) is 13.1 Å². The molecule has 1 aromatic carbocycles. The van der Waals surface area contributed by atoms with Gasteiger partial charge in [0.1, 0.15) is 0 Å². The summed E-state index contributed by atoms with van der Waals surface area (Å²) >= 11 is 0. The lowest BCUT2D eigenvalue weighted by Gasteiger charge is -2.31. The van der Waals surface area contributed by atoms with Crippen LogP contribution in [-0.4, -0.2) is 37.8 Å². The lowest BCUT2D eigenvalue weighted by Crippen LogP contribution is -2.39. The van der Waals surface area contributed by atoms with Gasteiger partial charge in [-0.1, -0.05) is 43.9 Å². The van der Waals surface area contributed by atoms with Crippen molar-refractivity contribution >= 4 is 15.9 Å². The van der Waals surface area contributed by atoms with Gasteiger partial charge in [-0.15, -0.1) is 0 Å². The van der Waals surface area contributed by atoms with Gasteiger partial charge < -0.3 is 5.32 Å². The number of nitrogens with zero attached hydrogens (tertiary/aromatic N) is 1. The Morgan fingerprint density at radius 3 is 2.22 bits per heavy atom. The zero-order valence-electron chi connectivity index (χ0n) is 16.1. The van der Waals surface area contributed by atoms with Crippen molar-refractivity contribution in [2.24, 2.45) is 5.92 Å². The van der Waals surface area contributed by atoms with Crippen molar-refractivity contribution in [3.8, 4) is 0 Å². The summed E-state index contributed by atoms with van der Waals surface area (Å²) in [5, 5.41) is 3.21. The molecule has 6 heteroatoms. The first-order chi connectivity index (χ1) is 13.1. The third kappa shape index (κ3) is 5.79. The molecule has 1 aliphatic heterocycles. The van der Waals surface area contributed by atoms with Gasteiger partial charge in [0, 0.05) is 25.6 Å². The second-order valence-electron chi connectivity index (χ2n) is 7.96. The molecule has 0 aromatic heterocycles. The molecule has 0 radical (unpaired) electrons. The molecule has 0 unspecified atom stereocenters. The molecular weight excluding hydrogens is 360 g/mol. The van der Waals surface area contributed by atoms with Crippen LogP contribution in [0.25, 0.3) is 0 Å². The number of carbonyl (C=O) groups is 1. The number of piperidine rings is 1. The maximum atomic E-state index is 12.7. The van der Waals surface area contributed by atoms with E-state index in [4.69, 9.17) is 0 Å². The Labute approximate surface area is 163 Å². The standard InChI is InChI=1S/C21H32N2O3S/c24-21(22-19-8-4-1-2-5-9-19)13-12-18-14-16-23(17-15-18)27(25,26)20-10-6-3-7-11-20/h3,6-7,10-11,18-19H,1-2,4-5,8-9,12-17H2,(H,22,24). The van der Waals surface area contributed by atoms with E-state index in [0.29, 0.717) is 36.4 Å². The van der Waals surface area contributed by atoms with Gasteiger partial charge in [0.25, 0.3) is 0 Å². The maximum Gasteiger partial charge on any atom is 0.243 e.